The number of esters is 1. The first-order valence-electron chi connectivity index (χ1n) is 6.18. The van der Waals surface area contributed by atoms with Gasteiger partial charge < -0.3 is 15.6 Å². The van der Waals surface area contributed by atoms with Gasteiger partial charge >= 0.3 is 11.9 Å². The third kappa shape index (κ3) is 6.84. The summed E-state index contributed by atoms with van der Waals surface area (Å²) in [4.78, 5) is 21.8. The third-order valence-corrected chi connectivity index (χ3v) is 2.38. The molecule has 0 saturated carbocycles. The van der Waals surface area contributed by atoms with Crippen molar-refractivity contribution in [1.29, 1.82) is 0 Å². The van der Waals surface area contributed by atoms with Gasteiger partial charge in [-0.25, -0.2) is 0 Å². The van der Waals surface area contributed by atoms with Crippen LogP contribution >= 0.6 is 0 Å². The number of carboxylic acid groups (broad SMARTS) is 1. The Morgan fingerprint density at radius 2 is 1.85 bits per heavy atom. The van der Waals surface area contributed by atoms with Gasteiger partial charge in [-0.15, -0.1) is 0 Å². The molecule has 5 nitrogen and oxygen atoms in total. The minimum atomic E-state index is -1.03. The summed E-state index contributed by atoms with van der Waals surface area (Å²) in [6.07, 6.45) is 1.37. The molecule has 1 aromatic carbocycles. The van der Waals surface area contributed by atoms with Crippen molar-refractivity contribution in [2.45, 2.75) is 32.2 Å². The standard InChI is InChI=1S/C13H17NO4.CH3F/c1-2-3-12(15)18-10-6-4-9(5-7-10)8-11(14)13(16)17;1-2/h4-7,11H,2-3,8,14H2,1H3,(H,16,17);1H3. The molecule has 1 aromatic rings. The molecule has 3 N–H and O–H groups in total. The number of benzene rings is 1. The maximum Gasteiger partial charge on any atom is 0.320 e. The molecule has 1 atom stereocenters. The molecule has 0 aliphatic heterocycles. The van der Waals surface area contributed by atoms with Crippen LogP contribution in [-0.4, -0.2) is 30.3 Å². The molecule has 0 fully saturated rings. The molecule has 0 heterocycles. The van der Waals surface area contributed by atoms with E-state index < -0.39 is 12.0 Å². The summed E-state index contributed by atoms with van der Waals surface area (Å²) in [7, 11) is 0.500. The topological polar surface area (TPSA) is 89.6 Å². The highest BCUT2D eigenvalue weighted by atomic mass is 19.1. The monoisotopic (exact) mass is 285 g/mol. The predicted molar refractivity (Wildman–Crippen MR) is 73.3 cm³/mol. The highest BCUT2D eigenvalue weighted by Gasteiger charge is 2.12. The van der Waals surface area contributed by atoms with E-state index in [0.717, 1.165) is 12.0 Å². The lowest BCUT2D eigenvalue weighted by Crippen LogP contribution is -2.32. The van der Waals surface area contributed by atoms with E-state index in [4.69, 9.17) is 15.6 Å². The molecule has 0 bridgehead atoms. The second-order valence-electron chi connectivity index (χ2n) is 4.02. The highest BCUT2D eigenvalue weighted by molar-refractivity contribution is 5.73. The lowest BCUT2D eigenvalue weighted by atomic mass is 10.1. The van der Waals surface area contributed by atoms with Gasteiger partial charge in [0, 0.05) is 6.42 Å². The molecular formula is C14H20FNO4. The van der Waals surface area contributed by atoms with Crippen molar-refractivity contribution in [1.82, 2.24) is 0 Å². The number of carboxylic acids is 1. The molecule has 0 radical (unpaired) electrons. The fraction of sp³-hybridized carbons (Fsp3) is 0.429. The number of carbonyl (C=O) groups is 2. The van der Waals surface area contributed by atoms with Crippen LogP contribution in [-0.2, 0) is 16.0 Å². The molecule has 0 saturated heterocycles. The summed E-state index contributed by atoms with van der Waals surface area (Å²) < 4.78 is 14.6. The molecule has 0 aliphatic carbocycles. The second-order valence-corrected chi connectivity index (χ2v) is 4.02. The summed E-state index contributed by atoms with van der Waals surface area (Å²) in [6.45, 7) is 1.90. The van der Waals surface area contributed by atoms with Gasteiger partial charge in [0.2, 0.25) is 0 Å². The van der Waals surface area contributed by atoms with E-state index >= 15 is 0 Å². The Hall–Kier alpha value is -1.95. The minimum Gasteiger partial charge on any atom is -0.480 e. The van der Waals surface area contributed by atoms with Crippen LogP contribution < -0.4 is 10.5 Å². The smallest absolute Gasteiger partial charge is 0.320 e. The van der Waals surface area contributed by atoms with E-state index in [2.05, 4.69) is 0 Å². The van der Waals surface area contributed by atoms with Crippen molar-refractivity contribution in [3.05, 3.63) is 29.8 Å². The Morgan fingerprint density at radius 3 is 2.30 bits per heavy atom. The van der Waals surface area contributed by atoms with Crippen molar-refractivity contribution in [2.75, 3.05) is 7.18 Å². The molecule has 0 spiro atoms. The Bertz CT molecular complexity index is 420. The summed E-state index contributed by atoms with van der Waals surface area (Å²) >= 11 is 0. The van der Waals surface area contributed by atoms with E-state index in [0.29, 0.717) is 19.3 Å². The SMILES string of the molecule is CCCC(=O)Oc1ccc(CC(N)C(=O)O)cc1.CF. The van der Waals surface area contributed by atoms with Gasteiger partial charge in [-0.1, -0.05) is 19.1 Å². The van der Waals surface area contributed by atoms with Crippen LogP contribution in [0.2, 0.25) is 0 Å². The predicted octanol–water partition coefficient (Wildman–Crippen LogP) is 1.93. The minimum absolute atomic E-state index is 0.249. The maximum atomic E-state index is 11.2. The summed E-state index contributed by atoms with van der Waals surface area (Å²) in [5, 5.41) is 8.68. The molecule has 1 unspecified atom stereocenters. The van der Waals surface area contributed by atoms with Crippen molar-refractivity contribution < 1.29 is 23.8 Å². The molecule has 0 amide bonds. The fourth-order valence-electron chi connectivity index (χ4n) is 1.42. The number of aliphatic carboxylic acids is 1. The van der Waals surface area contributed by atoms with Gasteiger partial charge in [-0.2, -0.15) is 0 Å². The van der Waals surface area contributed by atoms with E-state index in [1.807, 2.05) is 6.92 Å². The van der Waals surface area contributed by atoms with E-state index in [1.54, 1.807) is 24.3 Å². The Labute approximate surface area is 117 Å². The van der Waals surface area contributed by atoms with Crippen LogP contribution in [0.1, 0.15) is 25.3 Å². The molecule has 0 aliphatic rings. The summed E-state index contributed by atoms with van der Waals surface area (Å²) in [6, 6.07) is 5.77. The lowest BCUT2D eigenvalue weighted by Gasteiger charge is -2.07. The zero-order valence-electron chi connectivity index (χ0n) is 11.6. The number of halogens is 1. The first-order chi connectivity index (χ1) is 9.52. The van der Waals surface area contributed by atoms with Gasteiger partial charge in [0.05, 0.1) is 7.18 Å². The average molecular weight is 285 g/mol. The molecule has 112 valence electrons. The number of alkyl halides is 1. The summed E-state index contributed by atoms with van der Waals surface area (Å²) in [5.74, 6) is -0.845. The number of rotatable bonds is 6. The lowest BCUT2D eigenvalue weighted by molar-refractivity contribution is -0.138. The Balaban J connectivity index is 0.00000172. The van der Waals surface area contributed by atoms with Gasteiger partial charge in [0.1, 0.15) is 11.8 Å². The summed E-state index contributed by atoms with van der Waals surface area (Å²) in [5.41, 5.74) is 6.21. The highest BCUT2D eigenvalue weighted by Crippen LogP contribution is 2.14. The van der Waals surface area contributed by atoms with Crippen molar-refractivity contribution in [3.63, 3.8) is 0 Å². The van der Waals surface area contributed by atoms with Gasteiger partial charge in [-0.05, 0) is 30.5 Å². The number of nitrogens with two attached hydrogens (primary N) is 1. The van der Waals surface area contributed by atoms with Crippen molar-refractivity contribution in [2.24, 2.45) is 5.73 Å². The van der Waals surface area contributed by atoms with Crippen molar-refractivity contribution in [3.8, 4) is 5.75 Å². The Kier molecular flexibility index (Phi) is 8.95. The van der Waals surface area contributed by atoms with Crippen LogP contribution in [0.25, 0.3) is 0 Å². The van der Waals surface area contributed by atoms with Gasteiger partial charge in [0.25, 0.3) is 0 Å². The Morgan fingerprint density at radius 1 is 1.30 bits per heavy atom. The van der Waals surface area contributed by atoms with Crippen LogP contribution in [0.3, 0.4) is 0 Å². The third-order valence-electron chi connectivity index (χ3n) is 2.38. The van der Waals surface area contributed by atoms with E-state index in [-0.39, 0.29) is 12.4 Å². The first kappa shape index (κ1) is 18.0. The van der Waals surface area contributed by atoms with Crippen LogP contribution in [0.4, 0.5) is 4.39 Å². The molecule has 6 heteroatoms. The van der Waals surface area contributed by atoms with E-state index in [9.17, 15) is 14.0 Å². The molecule has 0 aromatic heterocycles. The van der Waals surface area contributed by atoms with Crippen LogP contribution in [0.5, 0.6) is 5.75 Å². The number of carbonyl (C=O) groups excluding carboxylic acids is 1. The van der Waals surface area contributed by atoms with Crippen molar-refractivity contribution >= 4 is 11.9 Å². The number of hydrogen-bond donors (Lipinski definition) is 2. The van der Waals surface area contributed by atoms with Gasteiger partial charge in [0.15, 0.2) is 0 Å². The quantitative estimate of drug-likeness (QED) is 0.615. The van der Waals surface area contributed by atoms with E-state index in [1.165, 1.54) is 0 Å². The van der Waals surface area contributed by atoms with Crippen LogP contribution in [0.15, 0.2) is 24.3 Å². The normalized spacial score (nSPS) is 11.0. The van der Waals surface area contributed by atoms with Gasteiger partial charge in [-0.3, -0.25) is 14.0 Å². The average Bonchev–Trinajstić information content (AvgIpc) is 2.43. The zero-order chi connectivity index (χ0) is 15.5. The second kappa shape index (κ2) is 9.91. The zero-order valence-corrected chi connectivity index (χ0v) is 11.6. The number of hydrogen-bond acceptors (Lipinski definition) is 4. The first-order valence-corrected chi connectivity index (χ1v) is 6.18. The molecular weight excluding hydrogens is 265 g/mol. The maximum absolute atomic E-state index is 11.2. The molecule has 1 rings (SSSR count). The number of ether oxygens (including phenoxy) is 1. The van der Waals surface area contributed by atoms with Crippen LogP contribution in [0, 0.1) is 0 Å². The largest absolute Gasteiger partial charge is 0.480 e. The fourth-order valence-corrected chi connectivity index (χ4v) is 1.42. The molecule has 20 heavy (non-hydrogen) atoms.